The summed E-state index contributed by atoms with van der Waals surface area (Å²) in [7, 11) is 0. The summed E-state index contributed by atoms with van der Waals surface area (Å²) in [5.41, 5.74) is 1.81. The molecule has 0 fully saturated rings. The molecule has 80 valence electrons. The number of unbranched alkanes of at least 4 members (excludes halogenated alkanes) is 3. The summed E-state index contributed by atoms with van der Waals surface area (Å²) in [4.78, 5) is 14.5. The molecule has 0 atom stereocenters. The third-order valence-corrected chi connectivity index (χ3v) is 1.41. The molecule has 5 heteroatoms. The van der Waals surface area contributed by atoms with Gasteiger partial charge in [0.25, 0.3) is 0 Å². The maximum atomic E-state index is 9.93. The first-order valence-electron chi connectivity index (χ1n) is 4.44. The Hall–Kier alpha value is -1.25. The number of hydroxylamine groups is 1. The lowest BCUT2D eigenvalue weighted by atomic mass is 10.2. The van der Waals surface area contributed by atoms with Crippen molar-refractivity contribution in [3.05, 3.63) is 0 Å². The molecule has 0 radical (unpaired) electrons. The van der Waals surface area contributed by atoms with Crippen LogP contribution in [0.4, 0.5) is 4.79 Å². The van der Waals surface area contributed by atoms with Crippen LogP contribution in [0.3, 0.4) is 0 Å². The number of carbonyl (C=O) groups is 1. The number of aliphatic hydroxyl groups is 1. The van der Waals surface area contributed by atoms with Gasteiger partial charge in [0.05, 0.1) is 6.61 Å². The van der Waals surface area contributed by atoms with Gasteiger partial charge in [0.15, 0.2) is 0 Å². The van der Waals surface area contributed by atoms with Crippen LogP contribution in [0.2, 0.25) is 0 Å². The smallest absolute Gasteiger partial charge is 0.428 e. The summed E-state index contributed by atoms with van der Waals surface area (Å²) in [6.07, 6.45) is 2.23. The average Bonchev–Trinajstić information content (AvgIpc) is 2.15. The van der Waals surface area contributed by atoms with Gasteiger partial charge in [-0.1, -0.05) is 12.3 Å². The minimum absolute atomic E-state index is 0.0916. The Morgan fingerprint density at radius 1 is 1.29 bits per heavy atom. The van der Waals surface area contributed by atoms with Crippen LogP contribution >= 0.6 is 0 Å². The Balaban J connectivity index is 3.03. The number of nitrogens with one attached hydrogen (secondary N) is 1. The highest BCUT2D eigenvalue weighted by Crippen LogP contribution is 1.98. The molecule has 0 aromatic rings. The number of hydrogen-bond acceptors (Lipinski definition) is 3. The quantitative estimate of drug-likeness (QED) is 0.336. The summed E-state index contributed by atoms with van der Waals surface area (Å²) < 4.78 is 0. The van der Waals surface area contributed by atoms with Crippen molar-refractivity contribution in [2.75, 3.05) is 13.2 Å². The van der Waals surface area contributed by atoms with E-state index in [1.54, 1.807) is 0 Å². The van der Waals surface area contributed by atoms with Crippen LogP contribution in [0.5, 0.6) is 0 Å². The predicted molar refractivity (Wildman–Crippen MR) is 50.4 cm³/mol. The molecular formula is C9H15NO4. The Morgan fingerprint density at radius 2 is 2.07 bits per heavy atom. The lowest BCUT2D eigenvalue weighted by Gasteiger charge is -2.00. The van der Waals surface area contributed by atoms with E-state index in [9.17, 15) is 4.79 Å². The zero-order chi connectivity index (χ0) is 10.6. The molecule has 0 saturated heterocycles. The van der Waals surface area contributed by atoms with Gasteiger partial charge in [-0.25, -0.2) is 4.79 Å². The first-order valence-corrected chi connectivity index (χ1v) is 4.44. The van der Waals surface area contributed by atoms with Gasteiger partial charge >= 0.3 is 6.09 Å². The number of hydrogen-bond donors (Lipinski definition) is 3. The van der Waals surface area contributed by atoms with Crippen molar-refractivity contribution in [1.82, 2.24) is 5.48 Å². The third kappa shape index (κ3) is 10.8. The molecule has 0 aliphatic rings. The maximum absolute atomic E-state index is 9.93. The second-order valence-electron chi connectivity index (χ2n) is 2.58. The molecule has 0 aromatic heterocycles. The van der Waals surface area contributed by atoms with Crippen LogP contribution in [0.25, 0.3) is 0 Å². The number of carboxylic acid groups (broad SMARTS) is 1. The van der Waals surface area contributed by atoms with Gasteiger partial charge in [-0.2, -0.15) is 5.48 Å². The summed E-state index contributed by atoms with van der Waals surface area (Å²) in [5.74, 6) is 5.34. The second-order valence-corrected chi connectivity index (χ2v) is 2.58. The first-order chi connectivity index (χ1) is 6.77. The summed E-state index contributed by atoms with van der Waals surface area (Å²) in [6.45, 7) is 0.283. The van der Waals surface area contributed by atoms with E-state index in [4.69, 9.17) is 10.2 Å². The SMILES string of the molecule is O=C(O)NOCCCCCC#CCO. The monoisotopic (exact) mass is 201 g/mol. The molecule has 0 spiro atoms. The van der Waals surface area contributed by atoms with E-state index in [1.807, 2.05) is 5.48 Å². The molecule has 0 heterocycles. The van der Waals surface area contributed by atoms with Gasteiger partial charge in [0.1, 0.15) is 6.61 Å². The highest BCUT2D eigenvalue weighted by Gasteiger charge is 1.92. The van der Waals surface area contributed by atoms with Gasteiger partial charge in [-0.05, 0) is 12.8 Å². The Bertz CT molecular complexity index is 207. The van der Waals surface area contributed by atoms with Gasteiger partial charge in [0, 0.05) is 6.42 Å². The van der Waals surface area contributed by atoms with E-state index in [-0.39, 0.29) is 6.61 Å². The number of aliphatic hydroxyl groups excluding tert-OH is 1. The molecule has 0 aliphatic heterocycles. The van der Waals surface area contributed by atoms with Crippen LogP contribution in [0, 0.1) is 11.8 Å². The van der Waals surface area contributed by atoms with Gasteiger partial charge in [-0.3, -0.25) is 4.84 Å². The number of rotatable bonds is 6. The van der Waals surface area contributed by atoms with Crippen LogP contribution in [-0.4, -0.2) is 29.5 Å². The molecule has 1 amide bonds. The molecule has 0 bridgehead atoms. The molecule has 0 unspecified atom stereocenters. The molecule has 14 heavy (non-hydrogen) atoms. The fourth-order valence-electron chi connectivity index (χ4n) is 0.821. The molecule has 3 N–H and O–H groups in total. The maximum Gasteiger partial charge on any atom is 0.428 e. The highest BCUT2D eigenvalue weighted by atomic mass is 16.7. The molecule has 0 rings (SSSR count). The van der Waals surface area contributed by atoms with E-state index >= 15 is 0 Å². The van der Waals surface area contributed by atoms with Gasteiger partial charge in [-0.15, -0.1) is 5.92 Å². The lowest BCUT2D eigenvalue weighted by Crippen LogP contribution is -2.21. The lowest BCUT2D eigenvalue weighted by molar-refractivity contribution is 0.0402. The van der Waals surface area contributed by atoms with Crippen molar-refractivity contribution in [3.8, 4) is 11.8 Å². The third-order valence-electron chi connectivity index (χ3n) is 1.41. The Kier molecular flexibility index (Phi) is 8.96. The first kappa shape index (κ1) is 12.8. The van der Waals surface area contributed by atoms with Crippen molar-refractivity contribution in [2.24, 2.45) is 0 Å². The predicted octanol–water partition coefficient (Wildman–Crippen LogP) is 0.742. The van der Waals surface area contributed by atoms with Gasteiger partial charge < -0.3 is 10.2 Å². The molecule has 5 nitrogen and oxygen atoms in total. The van der Waals surface area contributed by atoms with Crippen LogP contribution in [0.1, 0.15) is 25.7 Å². The van der Waals surface area contributed by atoms with Crippen molar-refractivity contribution in [2.45, 2.75) is 25.7 Å². The van der Waals surface area contributed by atoms with Crippen molar-refractivity contribution < 1.29 is 19.8 Å². The van der Waals surface area contributed by atoms with E-state index < -0.39 is 6.09 Å². The zero-order valence-electron chi connectivity index (χ0n) is 7.95. The van der Waals surface area contributed by atoms with Crippen LogP contribution < -0.4 is 5.48 Å². The summed E-state index contributed by atoms with van der Waals surface area (Å²) in [5, 5.41) is 16.5. The van der Waals surface area contributed by atoms with Crippen molar-refractivity contribution >= 4 is 6.09 Å². The Labute approximate surface area is 83.0 Å². The molecule has 0 aliphatic carbocycles. The molecule has 0 saturated carbocycles. The highest BCUT2D eigenvalue weighted by molar-refractivity contribution is 5.62. The van der Waals surface area contributed by atoms with Crippen LogP contribution in [0.15, 0.2) is 0 Å². The minimum Gasteiger partial charge on any atom is -0.464 e. The van der Waals surface area contributed by atoms with Crippen molar-refractivity contribution in [1.29, 1.82) is 0 Å². The molecule has 0 aromatic carbocycles. The van der Waals surface area contributed by atoms with E-state index in [0.717, 1.165) is 25.7 Å². The molecular weight excluding hydrogens is 186 g/mol. The fourth-order valence-corrected chi connectivity index (χ4v) is 0.821. The van der Waals surface area contributed by atoms with E-state index in [0.29, 0.717) is 6.61 Å². The summed E-state index contributed by atoms with van der Waals surface area (Å²) in [6, 6.07) is 0. The van der Waals surface area contributed by atoms with Crippen LogP contribution in [-0.2, 0) is 4.84 Å². The average molecular weight is 201 g/mol. The standard InChI is InChI=1S/C9H15NO4/c11-7-5-3-1-2-4-6-8-14-10-9(12)13/h10-11H,1-2,4,6-8H2,(H,12,13). The second kappa shape index (κ2) is 9.84. The topological polar surface area (TPSA) is 78.8 Å². The fraction of sp³-hybridized carbons (Fsp3) is 0.667. The number of amides is 1. The zero-order valence-corrected chi connectivity index (χ0v) is 7.95. The van der Waals surface area contributed by atoms with Crippen molar-refractivity contribution in [3.63, 3.8) is 0 Å². The normalized spacial score (nSPS) is 8.93. The van der Waals surface area contributed by atoms with E-state index in [2.05, 4.69) is 16.7 Å². The largest absolute Gasteiger partial charge is 0.464 e. The van der Waals surface area contributed by atoms with E-state index in [1.165, 1.54) is 0 Å². The minimum atomic E-state index is -1.18. The summed E-state index contributed by atoms with van der Waals surface area (Å²) >= 11 is 0. The van der Waals surface area contributed by atoms with Gasteiger partial charge in [0.2, 0.25) is 0 Å². The Morgan fingerprint density at radius 3 is 2.71 bits per heavy atom.